The van der Waals surface area contributed by atoms with Crippen LogP contribution < -0.4 is 0 Å². The number of amides is 1. The quantitative estimate of drug-likeness (QED) is 0.0384. The number of nitrogens with zero attached hydrogens (tertiary/aromatic N) is 1. The summed E-state index contributed by atoms with van der Waals surface area (Å²) >= 11 is 0. The Morgan fingerprint density at radius 3 is 1.37 bits per heavy atom. The smallest absolute Gasteiger partial charge is 0.410 e. The van der Waals surface area contributed by atoms with Gasteiger partial charge in [-0.2, -0.15) is 0 Å². The van der Waals surface area contributed by atoms with E-state index in [1.807, 2.05) is 20.8 Å². The highest BCUT2D eigenvalue weighted by Gasteiger charge is 2.35. The van der Waals surface area contributed by atoms with E-state index in [-0.39, 0.29) is 24.1 Å². The molecule has 0 aromatic heterocycles. The van der Waals surface area contributed by atoms with Gasteiger partial charge in [-0.1, -0.05) is 140 Å². The zero-order valence-corrected chi connectivity index (χ0v) is 34.9. The second-order valence-corrected chi connectivity index (χ2v) is 16.3. The first-order valence-electron chi connectivity index (χ1n) is 22.0. The fraction of sp³-hybridized carbons (Fsp3) is 0.787. The Labute approximate surface area is 322 Å². The predicted molar refractivity (Wildman–Crippen MR) is 224 cm³/mol. The summed E-state index contributed by atoms with van der Waals surface area (Å²) in [5, 5.41) is 0. The molecule has 0 saturated carbocycles. The van der Waals surface area contributed by atoms with E-state index < -0.39 is 5.60 Å². The van der Waals surface area contributed by atoms with Crippen LogP contribution in [0.2, 0.25) is 0 Å². The van der Waals surface area contributed by atoms with Crippen LogP contribution in [0.3, 0.4) is 0 Å². The van der Waals surface area contributed by atoms with Gasteiger partial charge in [0, 0.05) is 19.0 Å². The van der Waals surface area contributed by atoms with E-state index in [4.69, 9.17) is 9.47 Å². The van der Waals surface area contributed by atoms with Crippen molar-refractivity contribution in [2.24, 2.45) is 5.92 Å². The second-order valence-electron chi connectivity index (χ2n) is 16.3. The van der Waals surface area contributed by atoms with Gasteiger partial charge in [-0.15, -0.1) is 0 Å². The summed E-state index contributed by atoms with van der Waals surface area (Å²) in [7, 11) is 0. The van der Waals surface area contributed by atoms with Gasteiger partial charge in [0.25, 0.3) is 0 Å². The first-order chi connectivity index (χ1) is 25.2. The molecule has 1 rings (SSSR count). The zero-order valence-electron chi connectivity index (χ0n) is 34.9. The first kappa shape index (κ1) is 47.7. The highest BCUT2D eigenvalue weighted by Crippen LogP contribution is 2.24. The molecule has 0 unspecified atom stereocenters. The van der Waals surface area contributed by atoms with Crippen LogP contribution in [0.15, 0.2) is 48.6 Å². The summed E-state index contributed by atoms with van der Waals surface area (Å²) in [5.41, 5.74) is -0.502. The van der Waals surface area contributed by atoms with Crippen molar-refractivity contribution in [3.05, 3.63) is 48.6 Å². The molecule has 1 heterocycles. The third-order valence-corrected chi connectivity index (χ3v) is 9.82. The number of hydrogen-bond acceptors (Lipinski definition) is 4. The van der Waals surface area contributed by atoms with Gasteiger partial charge in [0.15, 0.2) is 0 Å². The minimum Gasteiger partial charge on any atom is -0.462 e. The van der Waals surface area contributed by atoms with E-state index in [0.29, 0.717) is 19.5 Å². The van der Waals surface area contributed by atoms with Crippen molar-refractivity contribution >= 4 is 12.1 Å². The highest BCUT2D eigenvalue weighted by molar-refractivity contribution is 5.72. The Morgan fingerprint density at radius 1 is 0.577 bits per heavy atom. The molecule has 0 atom stereocenters. The summed E-state index contributed by atoms with van der Waals surface area (Å²) in [6, 6.07) is 0. The maximum Gasteiger partial charge on any atom is 0.410 e. The molecule has 5 heteroatoms. The number of carbonyl (C=O) groups excluding carboxylic acids is 2. The van der Waals surface area contributed by atoms with E-state index in [9.17, 15) is 9.59 Å². The lowest BCUT2D eigenvalue weighted by Crippen LogP contribution is -2.52. The second kappa shape index (κ2) is 33.3. The van der Waals surface area contributed by atoms with Crippen molar-refractivity contribution in [2.45, 2.75) is 220 Å². The molecule has 1 saturated heterocycles. The van der Waals surface area contributed by atoms with Crippen LogP contribution in [-0.4, -0.2) is 41.8 Å². The van der Waals surface area contributed by atoms with Gasteiger partial charge in [0.05, 0.1) is 6.42 Å². The SMILES string of the molecule is CCCCC/C=C\C/C=C\CCCCCCCCC(CCCCCCCC/C=C\C/C=C\CCCCC)OC(=O)CC1CN(C(=O)OC(C)(C)C)C1. The number of allylic oxidation sites excluding steroid dienone is 8. The van der Waals surface area contributed by atoms with Gasteiger partial charge < -0.3 is 14.4 Å². The summed E-state index contributed by atoms with van der Waals surface area (Å²) in [6.45, 7) is 11.3. The van der Waals surface area contributed by atoms with Crippen molar-refractivity contribution in [1.82, 2.24) is 4.90 Å². The molecule has 0 spiro atoms. The molecule has 300 valence electrons. The number of esters is 1. The lowest BCUT2D eigenvalue weighted by Gasteiger charge is -2.39. The Kier molecular flexibility index (Phi) is 30.5. The molecule has 5 nitrogen and oxygen atoms in total. The molecule has 0 bridgehead atoms. The van der Waals surface area contributed by atoms with Crippen molar-refractivity contribution in [3.63, 3.8) is 0 Å². The summed E-state index contributed by atoms with van der Waals surface area (Å²) < 4.78 is 11.5. The van der Waals surface area contributed by atoms with Gasteiger partial charge >= 0.3 is 12.1 Å². The third kappa shape index (κ3) is 30.2. The van der Waals surface area contributed by atoms with Gasteiger partial charge in [0.2, 0.25) is 0 Å². The first-order valence-corrected chi connectivity index (χ1v) is 22.0. The molecule has 0 N–H and O–H groups in total. The molecule has 0 aromatic rings. The highest BCUT2D eigenvalue weighted by atomic mass is 16.6. The van der Waals surface area contributed by atoms with E-state index in [2.05, 4.69) is 62.5 Å². The van der Waals surface area contributed by atoms with Crippen LogP contribution in [0.4, 0.5) is 4.79 Å². The summed E-state index contributed by atoms with van der Waals surface area (Å²) in [4.78, 5) is 26.9. The van der Waals surface area contributed by atoms with Gasteiger partial charge in [0.1, 0.15) is 11.7 Å². The van der Waals surface area contributed by atoms with Crippen LogP contribution >= 0.6 is 0 Å². The normalized spacial score (nSPS) is 14.2. The monoisotopic (exact) mass is 726 g/mol. The number of hydrogen-bond donors (Lipinski definition) is 0. The topological polar surface area (TPSA) is 55.8 Å². The van der Waals surface area contributed by atoms with E-state index in [0.717, 1.165) is 38.5 Å². The summed E-state index contributed by atoms with van der Waals surface area (Å²) in [5.74, 6) is 0.0725. The Bertz CT molecular complexity index is 920. The molecular weight excluding hydrogens is 643 g/mol. The fourth-order valence-electron chi connectivity index (χ4n) is 6.63. The molecule has 1 aliphatic heterocycles. The Balaban J connectivity index is 2.27. The summed E-state index contributed by atoms with van der Waals surface area (Å²) in [6.07, 6.45) is 50.4. The Morgan fingerprint density at radius 2 is 0.962 bits per heavy atom. The van der Waals surface area contributed by atoms with Gasteiger partial charge in [-0.25, -0.2) is 4.79 Å². The van der Waals surface area contributed by atoms with Crippen LogP contribution in [0.1, 0.15) is 208 Å². The lowest BCUT2D eigenvalue weighted by atomic mass is 9.97. The van der Waals surface area contributed by atoms with Gasteiger partial charge in [-0.3, -0.25) is 4.79 Å². The third-order valence-electron chi connectivity index (χ3n) is 9.82. The molecule has 1 amide bonds. The van der Waals surface area contributed by atoms with Crippen LogP contribution in [0.25, 0.3) is 0 Å². The van der Waals surface area contributed by atoms with E-state index >= 15 is 0 Å². The maximum absolute atomic E-state index is 12.9. The molecule has 0 radical (unpaired) electrons. The minimum atomic E-state index is -0.502. The van der Waals surface area contributed by atoms with Crippen molar-refractivity contribution < 1.29 is 19.1 Å². The van der Waals surface area contributed by atoms with Crippen molar-refractivity contribution in [3.8, 4) is 0 Å². The van der Waals surface area contributed by atoms with Gasteiger partial charge in [-0.05, 0) is 111 Å². The van der Waals surface area contributed by atoms with Crippen molar-refractivity contribution in [1.29, 1.82) is 0 Å². The van der Waals surface area contributed by atoms with Crippen molar-refractivity contribution in [2.75, 3.05) is 13.1 Å². The van der Waals surface area contributed by atoms with Crippen LogP contribution in [0.5, 0.6) is 0 Å². The number of carbonyl (C=O) groups is 2. The molecular formula is C47H83NO4. The number of unbranched alkanes of at least 4 members (excludes halogenated alkanes) is 18. The van der Waals surface area contributed by atoms with E-state index in [1.165, 1.54) is 128 Å². The lowest BCUT2D eigenvalue weighted by molar-refractivity contribution is -0.152. The average Bonchev–Trinajstić information content (AvgIpc) is 3.08. The maximum atomic E-state index is 12.9. The Hall–Kier alpha value is -2.30. The van der Waals surface area contributed by atoms with Crippen LogP contribution in [-0.2, 0) is 14.3 Å². The molecule has 1 aliphatic rings. The fourth-order valence-corrected chi connectivity index (χ4v) is 6.63. The molecule has 52 heavy (non-hydrogen) atoms. The molecule has 0 aromatic carbocycles. The van der Waals surface area contributed by atoms with E-state index in [1.54, 1.807) is 4.90 Å². The minimum absolute atomic E-state index is 0.0196. The zero-order chi connectivity index (χ0) is 38.0. The predicted octanol–water partition coefficient (Wildman–Crippen LogP) is 14.6. The number of rotatable bonds is 33. The number of ether oxygens (including phenoxy) is 2. The van der Waals surface area contributed by atoms with Crippen LogP contribution in [0, 0.1) is 5.92 Å². The standard InChI is InChI=1S/C47H83NO4/c1-6-8-10-12-14-16-18-20-22-24-26-28-30-32-34-36-38-44(51-45(49)40-43-41-48(42-43)46(50)52-47(3,4)5)39-37-35-33-31-29-27-25-23-21-19-17-15-13-11-9-7-2/h14-17,20-23,43-44H,6-13,18-19,24-42H2,1-5H3/b16-14-,17-15-,22-20-,23-21-. The molecule has 0 aliphatic carbocycles. The molecule has 1 fully saturated rings. The largest absolute Gasteiger partial charge is 0.462 e. The average molecular weight is 726 g/mol. The number of likely N-dealkylation sites (tertiary alicyclic amines) is 1.